The highest BCUT2D eigenvalue weighted by atomic mass is 16.2. The Hall–Kier alpha value is -2.36. The van der Waals surface area contributed by atoms with E-state index in [1.54, 1.807) is 12.3 Å². The van der Waals surface area contributed by atoms with Gasteiger partial charge in [-0.25, -0.2) is 4.68 Å². The Morgan fingerprint density at radius 1 is 1.32 bits per heavy atom. The molecular formula is C18H21N3O. The second-order valence-electron chi connectivity index (χ2n) is 5.92. The van der Waals surface area contributed by atoms with E-state index in [4.69, 9.17) is 0 Å². The first-order chi connectivity index (χ1) is 10.7. The van der Waals surface area contributed by atoms with Crippen molar-refractivity contribution in [1.82, 2.24) is 14.7 Å². The van der Waals surface area contributed by atoms with E-state index in [2.05, 4.69) is 12.0 Å². The largest absolute Gasteiger partial charge is 0.339 e. The number of likely N-dealkylation sites (tertiary alicyclic amines) is 1. The fourth-order valence-electron chi connectivity index (χ4n) is 2.81. The van der Waals surface area contributed by atoms with Crippen LogP contribution >= 0.6 is 0 Å². The number of para-hydroxylation sites is 1. The van der Waals surface area contributed by atoms with Gasteiger partial charge in [0.25, 0.3) is 0 Å². The van der Waals surface area contributed by atoms with Crippen LogP contribution < -0.4 is 0 Å². The van der Waals surface area contributed by atoms with Crippen molar-refractivity contribution in [3.63, 3.8) is 0 Å². The van der Waals surface area contributed by atoms with Crippen LogP contribution in [0.3, 0.4) is 0 Å². The molecule has 4 nitrogen and oxygen atoms in total. The zero-order chi connectivity index (χ0) is 15.4. The number of aromatic nitrogens is 2. The molecule has 1 aromatic carbocycles. The number of rotatable bonds is 3. The molecule has 1 aromatic heterocycles. The molecule has 0 saturated carbocycles. The molecule has 1 saturated heterocycles. The molecule has 3 rings (SSSR count). The zero-order valence-corrected chi connectivity index (χ0v) is 12.9. The fourth-order valence-corrected chi connectivity index (χ4v) is 2.81. The minimum atomic E-state index is 0.0963. The van der Waals surface area contributed by atoms with Crippen LogP contribution in [0.25, 0.3) is 11.8 Å². The molecule has 1 aliphatic rings. The van der Waals surface area contributed by atoms with Gasteiger partial charge >= 0.3 is 0 Å². The summed E-state index contributed by atoms with van der Waals surface area (Å²) in [5, 5.41) is 4.33. The van der Waals surface area contributed by atoms with Gasteiger partial charge in [-0.2, -0.15) is 5.10 Å². The van der Waals surface area contributed by atoms with Gasteiger partial charge in [-0.3, -0.25) is 4.79 Å². The SMILES string of the molecule is CC1CCCN(C(=O)/C=C/c2cnn(-c3ccccc3)c2)C1. The maximum atomic E-state index is 12.2. The first-order valence-corrected chi connectivity index (χ1v) is 7.79. The van der Waals surface area contributed by atoms with E-state index in [-0.39, 0.29) is 5.91 Å². The van der Waals surface area contributed by atoms with E-state index in [0.29, 0.717) is 5.92 Å². The average Bonchev–Trinajstić information content (AvgIpc) is 3.02. The summed E-state index contributed by atoms with van der Waals surface area (Å²) in [6.07, 6.45) is 9.52. The van der Waals surface area contributed by atoms with Gasteiger partial charge in [0.15, 0.2) is 0 Å². The van der Waals surface area contributed by atoms with Crippen LogP contribution in [0.2, 0.25) is 0 Å². The number of carbonyl (C=O) groups excluding carboxylic acids is 1. The summed E-state index contributed by atoms with van der Waals surface area (Å²) in [5.41, 5.74) is 1.94. The molecule has 0 aliphatic carbocycles. The number of piperidine rings is 1. The van der Waals surface area contributed by atoms with Crippen molar-refractivity contribution in [2.75, 3.05) is 13.1 Å². The number of nitrogens with zero attached hydrogens (tertiary/aromatic N) is 3. The Morgan fingerprint density at radius 2 is 2.14 bits per heavy atom. The maximum Gasteiger partial charge on any atom is 0.246 e. The second-order valence-corrected chi connectivity index (χ2v) is 5.92. The van der Waals surface area contributed by atoms with Crippen LogP contribution in [0.1, 0.15) is 25.3 Å². The van der Waals surface area contributed by atoms with Crippen LogP contribution in [0, 0.1) is 5.92 Å². The first kappa shape index (κ1) is 14.6. The van der Waals surface area contributed by atoms with Gasteiger partial charge in [0, 0.05) is 30.9 Å². The number of hydrogen-bond acceptors (Lipinski definition) is 2. The lowest BCUT2D eigenvalue weighted by molar-refractivity contribution is -0.127. The van der Waals surface area contributed by atoms with Gasteiger partial charge in [0.05, 0.1) is 11.9 Å². The van der Waals surface area contributed by atoms with Gasteiger partial charge in [-0.05, 0) is 37.0 Å². The van der Waals surface area contributed by atoms with Crippen molar-refractivity contribution in [2.45, 2.75) is 19.8 Å². The highest BCUT2D eigenvalue weighted by Crippen LogP contribution is 2.16. The summed E-state index contributed by atoms with van der Waals surface area (Å²) in [5.74, 6) is 0.700. The summed E-state index contributed by atoms with van der Waals surface area (Å²) in [4.78, 5) is 14.1. The minimum absolute atomic E-state index is 0.0963. The second kappa shape index (κ2) is 6.60. The van der Waals surface area contributed by atoms with Gasteiger partial charge in [0.1, 0.15) is 0 Å². The van der Waals surface area contributed by atoms with Crippen LogP contribution in [0.5, 0.6) is 0 Å². The lowest BCUT2D eigenvalue weighted by atomic mass is 10.0. The smallest absolute Gasteiger partial charge is 0.246 e. The average molecular weight is 295 g/mol. The van der Waals surface area contributed by atoms with Crippen molar-refractivity contribution in [3.8, 4) is 5.69 Å². The Labute approximate surface area is 131 Å². The summed E-state index contributed by atoms with van der Waals surface area (Å²) >= 11 is 0. The summed E-state index contributed by atoms with van der Waals surface area (Å²) in [6, 6.07) is 9.94. The van der Waals surface area contributed by atoms with E-state index in [9.17, 15) is 4.79 Å². The zero-order valence-electron chi connectivity index (χ0n) is 12.9. The molecule has 1 atom stereocenters. The standard InChI is InChI=1S/C18H21N3O/c1-15-6-5-11-20(13-15)18(22)10-9-16-12-19-21(14-16)17-7-3-2-4-8-17/h2-4,7-10,12,14-15H,5-6,11,13H2,1H3/b10-9+. The number of benzene rings is 1. The maximum absolute atomic E-state index is 12.2. The van der Waals surface area contributed by atoms with Gasteiger partial charge < -0.3 is 4.90 Å². The Balaban J connectivity index is 1.66. The van der Waals surface area contributed by atoms with Gasteiger partial charge in [-0.1, -0.05) is 25.1 Å². The van der Waals surface area contributed by atoms with E-state index in [1.165, 1.54) is 6.42 Å². The third-order valence-electron chi connectivity index (χ3n) is 4.01. The molecular weight excluding hydrogens is 274 g/mol. The fraction of sp³-hybridized carbons (Fsp3) is 0.333. The van der Waals surface area contributed by atoms with Crippen molar-refractivity contribution in [1.29, 1.82) is 0 Å². The number of carbonyl (C=O) groups is 1. The third kappa shape index (κ3) is 3.45. The van der Waals surface area contributed by atoms with Gasteiger partial charge in [0.2, 0.25) is 5.91 Å². The lowest BCUT2D eigenvalue weighted by Crippen LogP contribution is -2.38. The molecule has 0 N–H and O–H groups in total. The van der Waals surface area contributed by atoms with Crippen LogP contribution in [0.4, 0.5) is 0 Å². The Bertz CT molecular complexity index is 660. The summed E-state index contributed by atoms with van der Waals surface area (Å²) < 4.78 is 1.81. The monoisotopic (exact) mass is 295 g/mol. The highest BCUT2D eigenvalue weighted by molar-refractivity contribution is 5.91. The molecule has 2 heterocycles. The van der Waals surface area contributed by atoms with E-state index < -0.39 is 0 Å². The number of hydrogen-bond donors (Lipinski definition) is 0. The van der Waals surface area contributed by atoms with Crippen molar-refractivity contribution < 1.29 is 4.79 Å². The van der Waals surface area contributed by atoms with Crippen LogP contribution in [-0.2, 0) is 4.79 Å². The molecule has 0 radical (unpaired) electrons. The quantitative estimate of drug-likeness (QED) is 0.816. The first-order valence-electron chi connectivity index (χ1n) is 7.79. The van der Waals surface area contributed by atoms with E-state index >= 15 is 0 Å². The summed E-state index contributed by atoms with van der Waals surface area (Å²) in [7, 11) is 0. The Morgan fingerprint density at radius 3 is 2.91 bits per heavy atom. The highest BCUT2D eigenvalue weighted by Gasteiger charge is 2.18. The molecule has 0 spiro atoms. The molecule has 0 bridgehead atoms. The molecule has 22 heavy (non-hydrogen) atoms. The predicted molar refractivity (Wildman–Crippen MR) is 87.6 cm³/mol. The minimum Gasteiger partial charge on any atom is -0.339 e. The molecule has 4 heteroatoms. The van der Waals surface area contributed by atoms with Crippen molar-refractivity contribution in [3.05, 3.63) is 54.4 Å². The van der Waals surface area contributed by atoms with Gasteiger partial charge in [-0.15, -0.1) is 0 Å². The normalized spacial score (nSPS) is 18.8. The molecule has 114 valence electrons. The Kier molecular flexibility index (Phi) is 4.37. The van der Waals surface area contributed by atoms with Crippen molar-refractivity contribution >= 4 is 12.0 Å². The number of amides is 1. The van der Waals surface area contributed by atoms with Crippen molar-refractivity contribution in [2.24, 2.45) is 5.92 Å². The molecule has 2 aromatic rings. The topological polar surface area (TPSA) is 38.1 Å². The van der Waals surface area contributed by atoms with Crippen LogP contribution in [0.15, 0.2) is 48.8 Å². The third-order valence-corrected chi connectivity index (χ3v) is 4.01. The van der Waals surface area contributed by atoms with E-state index in [1.807, 2.05) is 52.2 Å². The predicted octanol–water partition coefficient (Wildman–Crippen LogP) is 3.14. The summed E-state index contributed by atoms with van der Waals surface area (Å²) in [6.45, 7) is 3.94. The lowest BCUT2D eigenvalue weighted by Gasteiger charge is -2.30. The molecule has 1 unspecified atom stereocenters. The molecule has 1 aliphatic heterocycles. The van der Waals surface area contributed by atoms with E-state index in [0.717, 1.165) is 30.8 Å². The van der Waals surface area contributed by atoms with Crippen LogP contribution in [-0.4, -0.2) is 33.7 Å². The molecule has 1 amide bonds. The molecule has 1 fully saturated rings.